The molecule has 1 aliphatic heterocycles. The standard InChI is InChI=1S/C15H23NO3S/c1-3-15-12(9-10-19-15)11-16-13-5-7-14(8-6-13)20(17,18)4-2/h5-8,12,15-16H,3-4,9-11H2,1-2H3. The summed E-state index contributed by atoms with van der Waals surface area (Å²) in [4.78, 5) is 0.390. The fraction of sp³-hybridized carbons (Fsp3) is 0.600. The molecule has 1 aromatic carbocycles. The highest BCUT2D eigenvalue weighted by molar-refractivity contribution is 7.91. The number of rotatable bonds is 6. The Morgan fingerprint density at radius 3 is 2.55 bits per heavy atom. The zero-order chi connectivity index (χ0) is 14.6. The quantitative estimate of drug-likeness (QED) is 0.877. The van der Waals surface area contributed by atoms with Crippen molar-refractivity contribution >= 4 is 15.5 Å². The van der Waals surface area contributed by atoms with Gasteiger partial charge in [-0.3, -0.25) is 0 Å². The predicted octanol–water partition coefficient (Wildman–Crippen LogP) is 2.71. The van der Waals surface area contributed by atoms with Crippen LogP contribution in [0.4, 0.5) is 5.69 Å². The van der Waals surface area contributed by atoms with Crippen LogP contribution in [0.2, 0.25) is 0 Å². The molecule has 1 aromatic rings. The summed E-state index contributed by atoms with van der Waals surface area (Å²) in [6.07, 6.45) is 2.48. The highest BCUT2D eigenvalue weighted by atomic mass is 32.2. The van der Waals surface area contributed by atoms with Gasteiger partial charge in [0.1, 0.15) is 0 Å². The molecule has 0 saturated carbocycles. The average Bonchev–Trinajstić information content (AvgIpc) is 2.93. The molecule has 0 aliphatic carbocycles. The molecule has 1 fully saturated rings. The molecule has 0 amide bonds. The topological polar surface area (TPSA) is 55.4 Å². The van der Waals surface area contributed by atoms with E-state index in [4.69, 9.17) is 4.74 Å². The van der Waals surface area contributed by atoms with E-state index in [0.29, 0.717) is 16.9 Å². The third-order valence-electron chi connectivity index (χ3n) is 3.91. The SMILES string of the molecule is CCC1OCCC1CNc1ccc(S(=O)(=O)CC)cc1. The van der Waals surface area contributed by atoms with Crippen molar-refractivity contribution in [2.24, 2.45) is 5.92 Å². The van der Waals surface area contributed by atoms with Crippen LogP contribution in [0, 0.1) is 5.92 Å². The molecule has 0 spiro atoms. The third kappa shape index (κ3) is 3.52. The summed E-state index contributed by atoms with van der Waals surface area (Å²) in [7, 11) is -3.11. The Balaban J connectivity index is 1.94. The molecule has 0 aromatic heterocycles. The maximum atomic E-state index is 11.7. The number of ether oxygens (including phenoxy) is 1. The largest absolute Gasteiger partial charge is 0.385 e. The molecule has 20 heavy (non-hydrogen) atoms. The van der Waals surface area contributed by atoms with Crippen molar-refractivity contribution in [1.29, 1.82) is 0 Å². The zero-order valence-corrected chi connectivity index (χ0v) is 12.9. The fourth-order valence-corrected chi connectivity index (χ4v) is 3.46. The van der Waals surface area contributed by atoms with Crippen LogP contribution in [-0.2, 0) is 14.6 Å². The Kier molecular flexibility index (Phi) is 5.05. The highest BCUT2D eigenvalue weighted by Crippen LogP contribution is 2.24. The maximum absolute atomic E-state index is 11.7. The van der Waals surface area contributed by atoms with Crippen LogP contribution in [-0.4, -0.2) is 33.4 Å². The number of benzene rings is 1. The van der Waals surface area contributed by atoms with E-state index in [9.17, 15) is 8.42 Å². The first-order valence-electron chi connectivity index (χ1n) is 7.25. The van der Waals surface area contributed by atoms with E-state index in [1.165, 1.54) is 0 Å². The monoisotopic (exact) mass is 297 g/mol. The van der Waals surface area contributed by atoms with Gasteiger partial charge < -0.3 is 10.1 Å². The van der Waals surface area contributed by atoms with E-state index in [2.05, 4.69) is 12.2 Å². The van der Waals surface area contributed by atoms with E-state index in [1.54, 1.807) is 19.1 Å². The molecular weight excluding hydrogens is 274 g/mol. The summed E-state index contributed by atoms with van der Waals surface area (Å²) in [6.45, 7) is 5.52. The molecule has 1 aliphatic rings. The third-order valence-corrected chi connectivity index (χ3v) is 5.66. The van der Waals surface area contributed by atoms with Gasteiger partial charge in [0.05, 0.1) is 16.8 Å². The van der Waals surface area contributed by atoms with Crippen molar-refractivity contribution < 1.29 is 13.2 Å². The van der Waals surface area contributed by atoms with Crippen molar-refractivity contribution in [3.05, 3.63) is 24.3 Å². The van der Waals surface area contributed by atoms with Crippen LogP contribution < -0.4 is 5.32 Å². The summed E-state index contributed by atoms with van der Waals surface area (Å²) in [5.41, 5.74) is 0.960. The number of nitrogens with one attached hydrogen (secondary N) is 1. The van der Waals surface area contributed by atoms with Gasteiger partial charge in [0, 0.05) is 24.8 Å². The lowest BCUT2D eigenvalue weighted by molar-refractivity contribution is 0.0900. The van der Waals surface area contributed by atoms with Crippen LogP contribution >= 0.6 is 0 Å². The first-order chi connectivity index (χ1) is 9.56. The molecule has 2 unspecified atom stereocenters. The Morgan fingerprint density at radius 1 is 1.25 bits per heavy atom. The molecule has 0 bridgehead atoms. The lowest BCUT2D eigenvalue weighted by atomic mass is 9.99. The summed E-state index contributed by atoms with van der Waals surface area (Å²) in [5, 5.41) is 3.37. The number of hydrogen-bond acceptors (Lipinski definition) is 4. The van der Waals surface area contributed by atoms with Crippen molar-refractivity contribution in [3.63, 3.8) is 0 Å². The lowest BCUT2D eigenvalue weighted by Crippen LogP contribution is -2.22. The van der Waals surface area contributed by atoms with Gasteiger partial charge in [0.2, 0.25) is 0 Å². The Hall–Kier alpha value is -1.07. The predicted molar refractivity (Wildman–Crippen MR) is 80.8 cm³/mol. The summed E-state index contributed by atoms with van der Waals surface area (Å²) in [6, 6.07) is 7.01. The second-order valence-corrected chi connectivity index (χ2v) is 7.45. The number of anilines is 1. The molecule has 0 radical (unpaired) electrons. The molecule has 112 valence electrons. The van der Waals surface area contributed by atoms with Gasteiger partial charge in [0.25, 0.3) is 0 Å². The lowest BCUT2D eigenvalue weighted by Gasteiger charge is -2.18. The van der Waals surface area contributed by atoms with Crippen LogP contribution in [0.5, 0.6) is 0 Å². The molecule has 2 rings (SSSR count). The first-order valence-corrected chi connectivity index (χ1v) is 8.90. The minimum Gasteiger partial charge on any atom is -0.385 e. The van der Waals surface area contributed by atoms with Crippen LogP contribution in [0.15, 0.2) is 29.2 Å². The average molecular weight is 297 g/mol. The van der Waals surface area contributed by atoms with Gasteiger partial charge in [-0.2, -0.15) is 0 Å². The maximum Gasteiger partial charge on any atom is 0.178 e. The Morgan fingerprint density at radius 2 is 1.95 bits per heavy atom. The molecule has 1 saturated heterocycles. The van der Waals surface area contributed by atoms with Gasteiger partial charge in [-0.15, -0.1) is 0 Å². The zero-order valence-electron chi connectivity index (χ0n) is 12.1. The second-order valence-electron chi connectivity index (χ2n) is 5.17. The van der Waals surface area contributed by atoms with Gasteiger partial charge in [0.15, 0.2) is 9.84 Å². The molecule has 1 heterocycles. The van der Waals surface area contributed by atoms with Crippen molar-refractivity contribution in [3.8, 4) is 0 Å². The van der Waals surface area contributed by atoms with Gasteiger partial charge in [-0.1, -0.05) is 13.8 Å². The van der Waals surface area contributed by atoms with Gasteiger partial charge >= 0.3 is 0 Å². The Bertz CT molecular complexity index is 525. The van der Waals surface area contributed by atoms with Crippen LogP contribution in [0.1, 0.15) is 26.7 Å². The summed E-state index contributed by atoms with van der Waals surface area (Å²) < 4.78 is 29.1. The molecular formula is C15H23NO3S. The Labute approximate surface area is 121 Å². The smallest absolute Gasteiger partial charge is 0.178 e. The second kappa shape index (κ2) is 6.59. The molecule has 4 nitrogen and oxygen atoms in total. The van der Waals surface area contributed by atoms with E-state index < -0.39 is 9.84 Å². The number of sulfone groups is 1. The van der Waals surface area contributed by atoms with Crippen molar-refractivity contribution in [2.75, 3.05) is 24.2 Å². The molecule has 2 atom stereocenters. The highest BCUT2D eigenvalue weighted by Gasteiger charge is 2.26. The van der Waals surface area contributed by atoms with Gasteiger partial charge in [-0.25, -0.2) is 8.42 Å². The molecule has 1 N–H and O–H groups in total. The number of hydrogen-bond donors (Lipinski definition) is 1. The normalized spacial score (nSPS) is 22.9. The molecule has 5 heteroatoms. The minimum absolute atomic E-state index is 0.136. The minimum atomic E-state index is -3.11. The van der Waals surface area contributed by atoms with Crippen LogP contribution in [0.25, 0.3) is 0 Å². The van der Waals surface area contributed by atoms with Crippen molar-refractivity contribution in [2.45, 2.75) is 37.7 Å². The van der Waals surface area contributed by atoms with Gasteiger partial charge in [-0.05, 0) is 37.1 Å². The van der Waals surface area contributed by atoms with Crippen LogP contribution in [0.3, 0.4) is 0 Å². The van der Waals surface area contributed by atoms with E-state index in [1.807, 2.05) is 12.1 Å². The summed E-state index contributed by atoms with van der Waals surface area (Å²) >= 11 is 0. The van der Waals surface area contributed by atoms with Crippen molar-refractivity contribution in [1.82, 2.24) is 0 Å². The van der Waals surface area contributed by atoms with E-state index in [-0.39, 0.29) is 5.75 Å². The summed E-state index contributed by atoms with van der Waals surface area (Å²) in [5.74, 6) is 0.677. The fourth-order valence-electron chi connectivity index (χ4n) is 2.57. The van der Waals surface area contributed by atoms with E-state index >= 15 is 0 Å². The van der Waals surface area contributed by atoms with E-state index in [0.717, 1.165) is 31.7 Å². The first kappa shape index (κ1) is 15.3.